The van der Waals surface area contributed by atoms with Crippen molar-refractivity contribution in [3.63, 3.8) is 0 Å². The van der Waals surface area contributed by atoms with Gasteiger partial charge in [-0.15, -0.1) is 5.10 Å². The van der Waals surface area contributed by atoms with Crippen LogP contribution in [-0.4, -0.2) is 33.6 Å². The lowest BCUT2D eigenvalue weighted by molar-refractivity contribution is 0.0948. The maximum absolute atomic E-state index is 12.7. The summed E-state index contributed by atoms with van der Waals surface area (Å²) in [4.78, 5) is 32.0. The minimum atomic E-state index is -0.436. The highest BCUT2D eigenvalue weighted by atomic mass is 32.1. The van der Waals surface area contributed by atoms with Gasteiger partial charge in [0.2, 0.25) is 10.1 Å². The van der Waals surface area contributed by atoms with Crippen LogP contribution in [0.25, 0.3) is 4.96 Å². The van der Waals surface area contributed by atoms with Gasteiger partial charge in [0.15, 0.2) is 0 Å². The van der Waals surface area contributed by atoms with E-state index in [2.05, 4.69) is 20.3 Å². The summed E-state index contributed by atoms with van der Waals surface area (Å²) in [7, 11) is 0. The standard InChI is InChI=1S/C18H19N5O2S/c1-12-5-4-6-13(9-12)10-19-15(24)14-11-20-17-23(16(14)25)21-18(26-17)22-7-2-3-8-22/h4-6,9,11H,2-3,7-8,10H2,1H3,(H,19,24). The van der Waals surface area contributed by atoms with E-state index in [9.17, 15) is 9.59 Å². The van der Waals surface area contributed by atoms with Crippen molar-refractivity contribution in [2.45, 2.75) is 26.3 Å². The lowest BCUT2D eigenvalue weighted by Gasteiger charge is -2.10. The summed E-state index contributed by atoms with van der Waals surface area (Å²) in [6, 6.07) is 7.87. The molecule has 3 aromatic rings. The molecule has 4 rings (SSSR count). The highest BCUT2D eigenvalue weighted by Crippen LogP contribution is 2.24. The molecule has 0 saturated carbocycles. The number of carbonyl (C=O) groups excluding carboxylic acids is 1. The van der Waals surface area contributed by atoms with Gasteiger partial charge < -0.3 is 10.2 Å². The summed E-state index contributed by atoms with van der Waals surface area (Å²) in [5, 5.41) is 7.94. The third kappa shape index (κ3) is 3.20. The third-order valence-electron chi connectivity index (χ3n) is 4.43. The zero-order valence-electron chi connectivity index (χ0n) is 14.4. The summed E-state index contributed by atoms with van der Waals surface area (Å²) >= 11 is 1.38. The van der Waals surface area contributed by atoms with E-state index in [4.69, 9.17) is 0 Å². The molecular formula is C18H19N5O2S. The molecule has 2 aromatic heterocycles. The molecule has 0 radical (unpaired) electrons. The highest BCUT2D eigenvalue weighted by Gasteiger charge is 2.20. The average molecular weight is 369 g/mol. The summed E-state index contributed by atoms with van der Waals surface area (Å²) in [6.45, 7) is 4.24. The van der Waals surface area contributed by atoms with Crippen molar-refractivity contribution in [2.75, 3.05) is 18.0 Å². The Balaban J connectivity index is 1.56. The van der Waals surface area contributed by atoms with Crippen molar-refractivity contribution < 1.29 is 4.79 Å². The van der Waals surface area contributed by atoms with Gasteiger partial charge >= 0.3 is 0 Å². The number of hydrogen-bond donors (Lipinski definition) is 1. The Kier molecular flexibility index (Phi) is 4.42. The second-order valence-corrected chi connectivity index (χ2v) is 7.36. The molecule has 7 nitrogen and oxygen atoms in total. The monoisotopic (exact) mass is 369 g/mol. The highest BCUT2D eigenvalue weighted by molar-refractivity contribution is 7.20. The average Bonchev–Trinajstić information content (AvgIpc) is 3.29. The minimum absolute atomic E-state index is 0.00780. The molecule has 1 saturated heterocycles. The van der Waals surface area contributed by atoms with E-state index in [1.165, 1.54) is 22.0 Å². The van der Waals surface area contributed by atoms with Crippen molar-refractivity contribution in [1.82, 2.24) is 19.9 Å². The van der Waals surface area contributed by atoms with Gasteiger partial charge in [0.25, 0.3) is 11.5 Å². The normalized spacial score (nSPS) is 14.1. The topological polar surface area (TPSA) is 79.6 Å². The van der Waals surface area contributed by atoms with E-state index < -0.39 is 11.5 Å². The molecule has 0 aliphatic carbocycles. The summed E-state index contributed by atoms with van der Waals surface area (Å²) < 4.78 is 1.24. The zero-order valence-corrected chi connectivity index (χ0v) is 15.3. The molecule has 0 bridgehead atoms. The number of nitrogens with zero attached hydrogens (tertiary/aromatic N) is 4. The van der Waals surface area contributed by atoms with Gasteiger partial charge in [-0.25, -0.2) is 4.98 Å². The van der Waals surface area contributed by atoms with Gasteiger partial charge in [-0.2, -0.15) is 4.52 Å². The number of amides is 1. The fraction of sp³-hybridized carbons (Fsp3) is 0.333. The molecule has 1 aromatic carbocycles. The molecule has 1 aliphatic rings. The van der Waals surface area contributed by atoms with Gasteiger partial charge in [0, 0.05) is 25.8 Å². The summed E-state index contributed by atoms with van der Waals surface area (Å²) in [5.41, 5.74) is 1.68. The molecular weight excluding hydrogens is 350 g/mol. The molecule has 0 spiro atoms. The number of fused-ring (bicyclic) bond motifs is 1. The summed E-state index contributed by atoms with van der Waals surface area (Å²) in [5.74, 6) is -0.436. The first-order valence-electron chi connectivity index (χ1n) is 8.59. The molecule has 8 heteroatoms. The number of carbonyl (C=O) groups is 1. The Bertz CT molecular complexity index is 1020. The number of aryl methyl sites for hydroxylation is 1. The van der Waals surface area contributed by atoms with Gasteiger partial charge in [-0.1, -0.05) is 41.2 Å². The van der Waals surface area contributed by atoms with Crippen LogP contribution in [0.2, 0.25) is 0 Å². The first kappa shape index (κ1) is 16.7. The van der Waals surface area contributed by atoms with E-state index >= 15 is 0 Å². The molecule has 0 atom stereocenters. The van der Waals surface area contributed by atoms with Crippen LogP contribution in [0.15, 0.2) is 35.3 Å². The maximum atomic E-state index is 12.7. The first-order valence-corrected chi connectivity index (χ1v) is 9.41. The molecule has 1 amide bonds. The van der Waals surface area contributed by atoms with Crippen molar-refractivity contribution in [1.29, 1.82) is 0 Å². The number of rotatable bonds is 4. The largest absolute Gasteiger partial charge is 0.348 e. The Morgan fingerprint density at radius 1 is 1.31 bits per heavy atom. The fourth-order valence-electron chi connectivity index (χ4n) is 3.07. The lowest BCUT2D eigenvalue weighted by Crippen LogP contribution is -2.31. The van der Waals surface area contributed by atoms with Crippen molar-refractivity contribution in [2.24, 2.45) is 0 Å². The zero-order chi connectivity index (χ0) is 18.1. The Labute approximate surface area is 154 Å². The first-order chi connectivity index (χ1) is 12.6. The lowest BCUT2D eigenvalue weighted by atomic mass is 10.1. The number of nitrogens with one attached hydrogen (secondary N) is 1. The third-order valence-corrected chi connectivity index (χ3v) is 5.42. The van der Waals surface area contributed by atoms with Crippen LogP contribution in [-0.2, 0) is 6.54 Å². The molecule has 3 heterocycles. The number of aromatic nitrogens is 3. The summed E-state index contributed by atoms with van der Waals surface area (Å²) in [6.07, 6.45) is 3.60. The molecule has 1 aliphatic heterocycles. The van der Waals surface area contributed by atoms with Crippen LogP contribution in [0.4, 0.5) is 5.13 Å². The van der Waals surface area contributed by atoms with Crippen molar-refractivity contribution in [3.8, 4) is 0 Å². The van der Waals surface area contributed by atoms with E-state index in [1.807, 2.05) is 31.2 Å². The molecule has 0 unspecified atom stereocenters. The van der Waals surface area contributed by atoms with Crippen LogP contribution < -0.4 is 15.8 Å². The van der Waals surface area contributed by atoms with E-state index in [0.29, 0.717) is 11.5 Å². The van der Waals surface area contributed by atoms with E-state index in [0.717, 1.165) is 42.2 Å². The number of benzene rings is 1. The number of anilines is 1. The molecule has 1 N–H and O–H groups in total. The Hall–Kier alpha value is -2.74. The van der Waals surface area contributed by atoms with Crippen molar-refractivity contribution in [3.05, 3.63) is 57.5 Å². The van der Waals surface area contributed by atoms with Gasteiger partial charge in [-0.05, 0) is 25.3 Å². The smallest absolute Gasteiger partial charge is 0.288 e. The molecule has 134 valence electrons. The molecule has 26 heavy (non-hydrogen) atoms. The SMILES string of the molecule is Cc1cccc(CNC(=O)c2cnc3sc(N4CCCC4)nn3c2=O)c1. The predicted octanol–water partition coefficient (Wildman–Crippen LogP) is 1.99. The van der Waals surface area contributed by atoms with Crippen LogP contribution in [0, 0.1) is 6.92 Å². The Morgan fingerprint density at radius 2 is 2.12 bits per heavy atom. The minimum Gasteiger partial charge on any atom is -0.348 e. The molecule has 1 fully saturated rings. The second kappa shape index (κ2) is 6.87. The van der Waals surface area contributed by atoms with Crippen LogP contribution >= 0.6 is 11.3 Å². The van der Waals surface area contributed by atoms with Crippen LogP contribution in [0.1, 0.15) is 34.3 Å². The fourth-order valence-corrected chi connectivity index (χ4v) is 3.98. The van der Waals surface area contributed by atoms with Crippen molar-refractivity contribution >= 4 is 27.3 Å². The van der Waals surface area contributed by atoms with Gasteiger partial charge in [0.1, 0.15) is 5.56 Å². The Morgan fingerprint density at radius 3 is 2.88 bits per heavy atom. The van der Waals surface area contributed by atoms with Gasteiger partial charge in [0.05, 0.1) is 0 Å². The van der Waals surface area contributed by atoms with Crippen LogP contribution in [0.5, 0.6) is 0 Å². The van der Waals surface area contributed by atoms with Gasteiger partial charge in [-0.3, -0.25) is 9.59 Å². The van der Waals surface area contributed by atoms with Crippen LogP contribution in [0.3, 0.4) is 0 Å². The quantitative estimate of drug-likeness (QED) is 0.761. The predicted molar refractivity (Wildman–Crippen MR) is 101 cm³/mol. The van der Waals surface area contributed by atoms with E-state index in [-0.39, 0.29) is 5.56 Å². The second-order valence-electron chi connectivity index (χ2n) is 6.42. The maximum Gasteiger partial charge on any atom is 0.288 e. The van der Waals surface area contributed by atoms with E-state index in [1.54, 1.807) is 0 Å². The number of hydrogen-bond acceptors (Lipinski definition) is 6.